The van der Waals surface area contributed by atoms with Crippen LogP contribution in [-0.4, -0.2) is 5.91 Å². The molecule has 25 heavy (non-hydrogen) atoms. The molecule has 0 aliphatic carbocycles. The van der Waals surface area contributed by atoms with Crippen molar-refractivity contribution in [1.82, 2.24) is 0 Å². The second kappa shape index (κ2) is 6.69. The highest BCUT2D eigenvalue weighted by atomic mass is 19.4. The molecule has 1 amide bonds. The first-order valence-corrected chi connectivity index (χ1v) is 6.49. The van der Waals surface area contributed by atoms with Crippen molar-refractivity contribution in [2.75, 3.05) is 5.32 Å². The molecule has 2 aromatic carbocycles. The van der Waals surface area contributed by atoms with E-state index in [1.54, 1.807) is 0 Å². The number of nitrogens with one attached hydrogen (secondary N) is 1. The molecule has 134 valence electrons. The van der Waals surface area contributed by atoms with Crippen molar-refractivity contribution in [3.05, 3.63) is 64.5 Å². The average Bonchev–Trinajstić information content (AvgIpc) is 2.54. The fourth-order valence-electron chi connectivity index (χ4n) is 1.94. The van der Waals surface area contributed by atoms with Gasteiger partial charge in [0.05, 0.1) is 12.0 Å². The number of alkyl halides is 3. The zero-order chi connectivity index (χ0) is 18.9. The van der Waals surface area contributed by atoms with Crippen LogP contribution in [0.3, 0.4) is 0 Å². The Morgan fingerprint density at radius 2 is 1.40 bits per heavy atom. The summed E-state index contributed by atoms with van der Waals surface area (Å²) in [6.07, 6.45) is -5.45. The highest BCUT2D eigenvalue weighted by Crippen LogP contribution is 2.30. The van der Waals surface area contributed by atoms with E-state index in [0.29, 0.717) is 6.07 Å². The van der Waals surface area contributed by atoms with Crippen LogP contribution in [0.4, 0.5) is 40.8 Å². The molecule has 0 unspecified atom stereocenters. The number of carbonyl (C=O) groups is 1. The molecule has 0 atom stereocenters. The van der Waals surface area contributed by atoms with Gasteiger partial charge in [0.25, 0.3) is 0 Å². The summed E-state index contributed by atoms with van der Waals surface area (Å²) in [6, 6.07) is 3.50. The highest BCUT2D eigenvalue weighted by Gasteiger charge is 2.31. The van der Waals surface area contributed by atoms with E-state index in [4.69, 9.17) is 0 Å². The minimum absolute atomic E-state index is 0.170. The number of hydrogen-bond acceptors (Lipinski definition) is 1. The van der Waals surface area contributed by atoms with E-state index < -0.39 is 58.8 Å². The summed E-state index contributed by atoms with van der Waals surface area (Å²) in [5.41, 5.74) is -2.81. The normalized spacial score (nSPS) is 11.5. The predicted molar refractivity (Wildman–Crippen MR) is 70.0 cm³/mol. The Labute approximate surface area is 135 Å². The van der Waals surface area contributed by atoms with Crippen molar-refractivity contribution in [2.45, 2.75) is 12.6 Å². The number of anilines is 1. The minimum atomic E-state index is -4.67. The van der Waals surface area contributed by atoms with Gasteiger partial charge in [-0.05, 0) is 11.6 Å². The number of hydrogen-bond donors (Lipinski definition) is 1. The van der Waals surface area contributed by atoms with Gasteiger partial charge in [-0.1, -0.05) is 18.2 Å². The lowest BCUT2D eigenvalue weighted by Crippen LogP contribution is -2.19. The van der Waals surface area contributed by atoms with Gasteiger partial charge in [0, 0.05) is 0 Å². The number of halogens is 8. The molecule has 0 aliphatic rings. The topological polar surface area (TPSA) is 29.1 Å². The quantitative estimate of drug-likeness (QED) is 0.479. The van der Waals surface area contributed by atoms with E-state index in [-0.39, 0.29) is 5.56 Å². The van der Waals surface area contributed by atoms with Crippen molar-refractivity contribution < 1.29 is 39.9 Å². The second-order valence-electron chi connectivity index (χ2n) is 4.87. The summed E-state index contributed by atoms with van der Waals surface area (Å²) in [6.45, 7) is 0. The highest BCUT2D eigenvalue weighted by molar-refractivity contribution is 5.92. The zero-order valence-electron chi connectivity index (χ0n) is 11.9. The van der Waals surface area contributed by atoms with Crippen LogP contribution in [0, 0.1) is 29.1 Å². The molecule has 0 bridgehead atoms. The Hall–Kier alpha value is -2.65. The van der Waals surface area contributed by atoms with Crippen LogP contribution in [0.5, 0.6) is 0 Å². The van der Waals surface area contributed by atoms with Gasteiger partial charge >= 0.3 is 6.18 Å². The molecule has 0 saturated carbocycles. The van der Waals surface area contributed by atoms with Gasteiger partial charge in [0.1, 0.15) is 5.69 Å². The lowest BCUT2D eigenvalue weighted by atomic mass is 10.1. The smallest absolute Gasteiger partial charge is 0.321 e. The first-order valence-electron chi connectivity index (χ1n) is 6.49. The first kappa shape index (κ1) is 18.7. The summed E-state index contributed by atoms with van der Waals surface area (Å²) in [4.78, 5) is 11.7. The molecule has 10 heteroatoms. The van der Waals surface area contributed by atoms with E-state index in [2.05, 4.69) is 0 Å². The maximum Gasteiger partial charge on any atom is 0.416 e. The molecule has 0 spiro atoms. The summed E-state index contributed by atoms with van der Waals surface area (Å²) in [5, 5.41) is 1.48. The van der Waals surface area contributed by atoms with Crippen LogP contribution in [0.25, 0.3) is 0 Å². The molecule has 0 heterocycles. The van der Waals surface area contributed by atoms with Crippen molar-refractivity contribution in [2.24, 2.45) is 0 Å². The molecule has 0 saturated heterocycles. The number of amides is 1. The predicted octanol–water partition coefficient (Wildman–Crippen LogP) is 4.58. The van der Waals surface area contributed by atoms with Gasteiger partial charge in [-0.15, -0.1) is 0 Å². The Balaban J connectivity index is 2.25. The summed E-state index contributed by atoms with van der Waals surface area (Å²) >= 11 is 0. The summed E-state index contributed by atoms with van der Waals surface area (Å²) in [5.74, 6) is -12.7. The lowest BCUT2D eigenvalue weighted by Gasteiger charge is -2.11. The maximum atomic E-state index is 13.4. The number of carbonyl (C=O) groups excluding carboxylic acids is 1. The third kappa shape index (κ3) is 3.89. The van der Waals surface area contributed by atoms with Crippen LogP contribution >= 0.6 is 0 Å². The van der Waals surface area contributed by atoms with Gasteiger partial charge in [-0.25, -0.2) is 22.0 Å². The molecule has 0 fully saturated rings. The standard InChI is InChI=1S/C15H7F8NO/c16-9-10(17)12(19)14(13(20)11(9)18)24-8(25)5-6-2-1-3-7(4-6)15(21,22)23/h1-4H,5H2,(H,24,25). The Bertz CT molecular complexity index is 802. The van der Waals surface area contributed by atoms with Crippen molar-refractivity contribution in [1.29, 1.82) is 0 Å². The molecule has 0 aliphatic heterocycles. The molecule has 0 aromatic heterocycles. The molecule has 1 N–H and O–H groups in total. The Morgan fingerprint density at radius 3 is 1.92 bits per heavy atom. The lowest BCUT2D eigenvalue weighted by molar-refractivity contribution is -0.137. The van der Waals surface area contributed by atoms with E-state index in [1.165, 1.54) is 5.32 Å². The summed E-state index contributed by atoms with van der Waals surface area (Å²) < 4.78 is 104. The van der Waals surface area contributed by atoms with Gasteiger partial charge < -0.3 is 5.32 Å². The fraction of sp³-hybridized carbons (Fsp3) is 0.133. The van der Waals surface area contributed by atoms with Crippen LogP contribution < -0.4 is 5.32 Å². The van der Waals surface area contributed by atoms with Gasteiger partial charge in [-0.3, -0.25) is 4.79 Å². The third-order valence-electron chi connectivity index (χ3n) is 3.09. The average molecular weight is 369 g/mol. The molecule has 2 nitrogen and oxygen atoms in total. The van der Waals surface area contributed by atoms with E-state index >= 15 is 0 Å². The Kier molecular flexibility index (Phi) is 5.00. The fourth-order valence-corrected chi connectivity index (χ4v) is 1.94. The number of benzene rings is 2. The van der Waals surface area contributed by atoms with E-state index in [9.17, 15) is 39.9 Å². The molecule has 2 rings (SSSR count). The van der Waals surface area contributed by atoms with Crippen LogP contribution in [0.1, 0.15) is 11.1 Å². The third-order valence-corrected chi connectivity index (χ3v) is 3.09. The molecular weight excluding hydrogens is 362 g/mol. The van der Waals surface area contributed by atoms with Gasteiger partial charge in [-0.2, -0.15) is 13.2 Å². The van der Waals surface area contributed by atoms with Gasteiger partial charge in [0.15, 0.2) is 23.3 Å². The van der Waals surface area contributed by atoms with E-state index in [1.807, 2.05) is 0 Å². The van der Waals surface area contributed by atoms with Crippen LogP contribution in [0.2, 0.25) is 0 Å². The second-order valence-corrected chi connectivity index (χ2v) is 4.87. The maximum absolute atomic E-state index is 13.4. The molecule has 0 radical (unpaired) electrons. The molecule has 2 aromatic rings. The summed E-state index contributed by atoms with van der Waals surface area (Å²) in [7, 11) is 0. The van der Waals surface area contributed by atoms with E-state index in [0.717, 1.165) is 18.2 Å². The number of rotatable bonds is 3. The van der Waals surface area contributed by atoms with Gasteiger partial charge in [0.2, 0.25) is 11.7 Å². The largest absolute Gasteiger partial charge is 0.416 e. The van der Waals surface area contributed by atoms with Crippen molar-refractivity contribution >= 4 is 11.6 Å². The minimum Gasteiger partial charge on any atom is -0.321 e. The van der Waals surface area contributed by atoms with Crippen LogP contribution in [0.15, 0.2) is 24.3 Å². The SMILES string of the molecule is O=C(Cc1cccc(C(F)(F)F)c1)Nc1c(F)c(F)c(F)c(F)c1F. The van der Waals surface area contributed by atoms with Crippen LogP contribution in [-0.2, 0) is 17.4 Å². The zero-order valence-corrected chi connectivity index (χ0v) is 11.9. The Morgan fingerprint density at radius 1 is 0.880 bits per heavy atom. The first-order chi connectivity index (χ1) is 11.5. The molecular formula is C15H7F8NO. The van der Waals surface area contributed by atoms with Crippen molar-refractivity contribution in [3.8, 4) is 0 Å². The van der Waals surface area contributed by atoms with Crippen molar-refractivity contribution in [3.63, 3.8) is 0 Å². The monoisotopic (exact) mass is 369 g/mol.